The van der Waals surface area contributed by atoms with E-state index in [9.17, 15) is 0 Å². The third-order valence-electron chi connectivity index (χ3n) is 2.40. The van der Waals surface area contributed by atoms with Crippen molar-refractivity contribution in [2.75, 3.05) is 0 Å². The maximum absolute atomic E-state index is 7.31. The van der Waals surface area contributed by atoms with Crippen molar-refractivity contribution in [2.24, 2.45) is 12.8 Å². The monoisotopic (exact) mass is 264 g/mol. The Morgan fingerprint density at radius 3 is 2.89 bits per heavy atom. The van der Waals surface area contributed by atoms with Crippen molar-refractivity contribution in [3.8, 4) is 5.75 Å². The number of nitrogens with one attached hydrogen (secondary N) is 1. The van der Waals surface area contributed by atoms with Crippen molar-refractivity contribution >= 4 is 17.4 Å². The number of amidine groups is 1. The first-order valence-electron chi connectivity index (χ1n) is 5.30. The number of aryl methyl sites for hydroxylation is 1. The number of nitrogen functional groups attached to an aromatic ring is 1. The van der Waals surface area contributed by atoms with E-state index in [1.54, 1.807) is 29.1 Å². The highest BCUT2D eigenvalue weighted by Gasteiger charge is 2.05. The van der Waals surface area contributed by atoms with Crippen molar-refractivity contribution in [3.05, 3.63) is 46.7 Å². The zero-order chi connectivity index (χ0) is 13.1. The lowest BCUT2D eigenvalue weighted by Gasteiger charge is -2.08. The largest absolute Gasteiger partial charge is 0.487 e. The number of nitrogens with zero attached hydrogens (tertiary/aromatic N) is 2. The van der Waals surface area contributed by atoms with Crippen LogP contribution in [0.15, 0.2) is 30.6 Å². The van der Waals surface area contributed by atoms with E-state index in [-0.39, 0.29) is 5.84 Å². The number of rotatable bonds is 4. The molecule has 0 bridgehead atoms. The number of hydrogen-bond donors (Lipinski definition) is 2. The third-order valence-corrected chi connectivity index (χ3v) is 2.69. The Morgan fingerprint density at radius 1 is 1.56 bits per heavy atom. The number of nitrogens with two attached hydrogens (primary N) is 1. The molecule has 1 aromatic heterocycles. The first-order valence-corrected chi connectivity index (χ1v) is 5.68. The molecule has 3 N–H and O–H groups in total. The summed E-state index contributed by atoms with van der Waals surface area (Å²) >= 11 is 6.05. The van der Waals surface area contributed by atoms with Crippen molar-refractivity contribution in [3.63, 3.8) is 0 Å². The molecule has 0 aliphatic rings. The first kappa shape index (κ1) is 12.4. The molecule has 0 atom stereocenters. The minimum atomic E-state index is -0.0179. The van der Waals surface area contributed by atoms with Crippen LogP contribution in [0.1, 0.15) is 11.1 Å². The van der Waals surface area contributed by atoms with Crippen LogP contribution in [-0.4, -0.2) is 15.6 Å². The normalized spacial score (nSPS) is 10.3. The SMILES string of the molecule is Cn1cc(COc2ccc(C(=N)N)cc2Cl)cn1. The summed E-state index contributed by atoms with van der Waals surface area (Å²) in [5.41, 5.74) is 6.91. The van der Waals surface area contributed by atoms with Crippen molar-refractivity contribution in [1.29, 1.82) is 5.41 Å². The molecule has 0 saturated carbocycles. The van der Waals surface area contributed by atoms with Crippen molar-refractivity contribution in [2.45, 2.75) is 6.61 Å². The summed E-state index contributed by atoms with van der Waals surface area (Å²) in [5, 5.41) is 11.8. The number of aromatic nitrogens is 2. The Balaban J connectivity index is 2.08. The topological polar surface area (TPSA) is 76.9 Å². The molecular formula is C12H13ClN4O. The Morgan fingerprint density at radius 2 is 2.33 bits per heavy atom. The van der Waals surface area contributed by atoms with Gasteiger partial charge in [-0.05, 0) is 18.2 Å². The summed E-state index contributed by atoms with van der Waals surface area (Å²) in [6.07, 6.45) is 3.61. The highest BCUT2D eigenvalue weighted by atomic mass is 35.5. The van der Waals surface area contributed by atoms with E-state index >= 15 is 0 Å². The van der Waals surface area contributed by atoms with Crippen LogP contribution in [0.2, 0.25) is 5.02 Å². The van der Waals surface area contributed by atoms with Crippen LogP contribution in [0.3, 0.4) is 0 Å². The Bertz CT molecular complexity index is 579. The lowest BCUT2D eigenvalue weighted by atomic mass is 10.2. The minimum Gasteiger partial charge on any atom is -0.487 e. The Labute approximate surface area is 110 Å². The molecule has 5 nitrogen and oxygen atoms in total. The zero-order valence-electron chi connectivity index (χ0n) is 9.85. The maximum Gasteiger partial charge on any atom is 0.138 e. The molecule has 6 heteroatoms. The molecule has 0 fully saturated rings. The molecule has 0 amide bonds. The Hall–Kier alpha value is -2.01. The van der Waals surface area contributed by atoms with Gasteiger partial charge in [-0.25, -0.2) is 0 Å². The molecule has 0 aliphatic carbocycles. The number of halogens is 1. The number of ether oxygens (including phenoxy) is 1. The smallest absolute Gasteiger partial charge is 0.138 e. The Kier molecular flexibility index (Phi) is 3.53. The average molecular weight is 265 g/mol. The van der Waals surface area contributed by atoms with Gasteiger partial charge < -0.3 is 10.5 Å². The predicted octanol–water partition coefficient (Wildman–Crippen LogP) is 1.94. The van der Waals surface area contributed by atoms with Gasteiger partial charge in [0.25, 0.3) is 0 Å². The lowest BCUT2D eigenvalue weighted by molar-refractivity contribution is 0.306. The summed E-state index contributed by atoms with van der Waals surface area (Å²) < 4.78 is 7.28. The molecule has 1 heterocycles. The van der Waals surface area contributed by atoms with Gasteiger partial charge in [-0.15, -0.1) is 0 Å². The highest BCUT2D eigenvalue weighted by molar-refractivity contribution is 6.32. The van der Waals surface area contributed by atoms with Gasteiger partial charge >= 0.3 is 0 Å². The third kappa shape index (κ3) is 2.81. The number of hydrogen-bond acceptors (Lipinski definition) is 3. The lowest BCUT2D eigenvalue weighted by Crippen LogP contribution is -2.10. The van der Waals surface area contributed by atoms with Gasteiger partial charge in [0.05, 0.1) is 11.2 Å². The number of benzene rings is 1. The quantitative estimate of drug-likeness (QED) is 0.654. The molecule has 18 heavy (non-hydrogen) atoms. The second-order valence-electron chi connectivity index (χ2n) is 3.87. The van der Waals surface area contributed by atoms with E-state index in [0.29, 0.717) is 22.9 Å². The van der Waals surface area contributed by atoms with E-state index in [1.165, 1.54) is 0 Å². The van der Waals surface area contributed by atoms with Crippen LogP contribution in [-0.2, 0) is 13.7 Å². The van der Waals surface area contributed by atoms with Gasteiger partial charge in [-0.2, -0.15) is 5.10 Å². The van der Waals surface area contributed by atoms with Crippen molar-refractivity contribution < 1.29 is 4.74 Å². The standard InChI is InChI=1S/C12H13ClN4O/c1-17-6-8(5-16-17)7-18-11-3-2-9(12(14)15)4-10(11)13/h2-6H,7H2,1H3,(H3,14,15). The molecule has 0 unspecified atom stereocenters. The van der Waals surface area contributed by atoms with Crippen LogP contribution in [0.5, 0.6) is 5.75 Å². The molecule has 1 aromatic carbocycles. The van der Waals surface area contributed by atoms with Crippen LogP contribution in [0.25, 0.3) is 0 Å². The molecular weight excluding hydrogens is 252 g/mol. The van der Waals surface area contributed by atoms with Gasteiger partial charge in [0.2, 0.25) is 0 Å². The molecule has 0 spiro atoms. The van der Waals surface area contributed by atoms with Gasteiger partial charge in [-0.3, -0.25) is 10.1 Å². The fraction of sp³-hybridized carbons (Fsp3) is 0.167. The van der Waals surface area contributed by atoms with E-state index in [0.717, 1.165) is 5.56 Å². The van der Waals surface area contributed by atoms with Gasteiger partial charge in [0, 0.05) is 24.4 Å². The highest BCUT2D eigenvalue weighted by Crippen LogP contribution is 2.26. The first-order chi connectivity index (χ1) is 8.56. The average Bonchev–Trinajstić information content (AvgIpc) is 2.73. The predicted molar refractivity (Wildman–Crippen MR) is 70.0 cm³/mol. The van der Waals surface area contributed by atoms with E-state index in [4.69, 9.17) is 27.5 Å². The second kappa shape index (κ2) is 5.10. The summed E-state index contributed by atoms with van der Waals surface area (Å²) in [6.45, 7) is 0.396. The summed E-state index contributed by atoms with van der Waals surface area (Å²) in [7, 11) is 1.85. The molecule has 2 aromatic rings. The summed E-state index contributed by atoms with van der Waals surface area (Å²) in [4.78, 5) is 0. The maximum atomic E-state index is 7.31. The molecule has 0 aliphatic heterocycles. The molecule has 94 valence electrons. The van der Waals surface area contributed by atoms with E-state index in [2.05, 4.69) is 5.10 Å². The van der Waals surface area contributed by atoms with Crippen LogP contribution < -0.4 is 10.5 Å². The fourth-order valence-electron chi connectivity index (χ4n) is 1.49. The van der Waals surface area contributed by atoms with Gasteiger partial charge in [-0.1, -0.05) is 11.6 Å². The van der Waals surface area contributed by atoms with Crippen LogP contribution in [0, 0.1) is 5.41 Å². The molecule has 2 rings (SSSR count). The van der Waals surface area contributed by atoms with E-state index in [1.807, 2.05) is 13.2 Å². The van der Waals surface area contributed by atoms with E-state index < -0.39 is 0 Å². The molecule has 0 radical (unpaired) electrons. The minimum absolute atomic E-state index is 0.0179. The fourth-order valence-corrected chi connectivity index (χ4v) is 1.73. The zero-order valence-corrected chi connectivity index (χ0v) is 10.6. The van der Waals surface area contributed by atoms with Gasteiger partial charge in [0.15, 0.2) is 0 Å². The molecule has 0 saturated heterocycles. The van der Waals surface area contributed by atoms with Crippen molar-refractivity contribution in [1.82, 2.24) is 9.78 Å². The summed E-state index contributed by atoms with van der Waals surface area (Å²) in [6, 6.07) is 5.02. The van der Waals surface area contributed by atoms with Gasteiger partial charge in [0.1, 0.15) is 18.2 Å². The van der Waals surface area contributed by atoms with Crippen LogP contribution in [0.4, 0.5) is 0 Å². The second-order valence-corrected chi connectivity index (χ2v) is 4.28. The summed E-state index contributed by atoms with van der Waals surface area (Å²) in [5.74, 6) is 0.543. The van der Waals surface area contributed by atoms with Crippen LogP contribution >= 0.6 is 11.6 Å².